The van der Waals surface area contributed by atoms with Crippen LogP contribution in [0.2, 0.25) is 0 Å². The SMILES string of the molecule is CC(NC(=O)c1ccnc(NC(=O)C2CC2)n1)c1ccc(OCC(F)F)nc1. The lowest BCUT2D eigenvalue weighted by atomic mass is 10.1. The third-order valence-corrected chi connectivity index (χ3v) is 4.04. The first kappa shape index (κ1) is 19.6. The Labute approximate surface area is 159 Å². The molecule has 2 N–H and O–H groups in total. The molecule has 1 aliphatic carbocycles. The Morgan fingerprint density at radius 3 is 2.68 bits per heavy atom. The Morgan fingerprint density at radius 1 is 1.25 bits per heavy atom. The van der Waals surface area contributed by atoms with Gasteiger partial charge >= 0.3 is 0 Å². The van der Waals surface area contributed by atoms with Crippen LogP contribution in [-0.2, 0) is 4.79 Å². The molecule has 10 heteroatoms. The van der Waals surface area contributed by atoms with Crippen LogP contribution in [0.4, 0.5) is 14.7 Å². The Kier molecular flexibility index (Phi) is 6.07. The highest BCUT2D eigenvalue weighted by Gasteiger charge is 2.30. The number of amides is 2. The van der Waals surface area contributed by atoms with Crippen molar-refractivity contribution >= 4 is 17.8 Å². The van der Waals surface area contributed by atoms with Crippen molar-refractivity contribution in [2.45, 2.75) is 32.2 Å². The number of hydrogen-bond donors (Lipinski definition) is 2. The van der Waals surface area contributed by atoms with Gasteiger partial charge in [-0.05, 0) is 31.4 Å². The number of alkyl halides is 2. The van der Waals surface area contributed by atoms with Gasteiger partial charge < -0.3 is 10.1 Å². The summed E-state index contributed by atoms with van der Waals surface area (Å²) in [5.74, 6) is -0.434. The first-order chi connectivity index (χ1) is 13.4. The summed E-state index contributed by atoms with van der Waals surface area (Å²) in [5.41, 5.74) is 0.770. The van der Waals surface area contributed by atoms with Gasteiger partial charge in [-0.15, -0.1) is 0 Å². The smallest absolute Gasteiger partial charge is 0.272 e. The van der Waals surface area contributed by atoms with E-state index in [0.29, 0.717) is 5.56 Å². The largest absolute Gasteiger partial charge is 0.472 e. The molecule has 3 rings (SSSR count). The van der Waals surface area contributed by atoms with E-state index in [-0.39, 0.29) is 29.3 Å². The van der Waals surface area contributed by atoms with Crippen LogP contribution in [0.5, 0.6) is 5.88 Å². The summed E-state index contributed by atoms with van der Waals surface area (Å²) in [5, 5.41) is 5.35. The van der Waals surface area contributed by atoms with Gasteiger partial charge in [-0.3, -0.25) is 14.9 Å². The van der Waals surface area contributed by atoms with Crippen LogP contribution < -0.4 is 15.4 Å². The maximum atomic E-state index is 12.4. The standard InChI is InChI=1S/C18H19F2N5O3/c1-10(12-4-5-15(22-8-12)28-9-14(19)20)23-17(27)13-6-7-21-18(24-13)25-16(26)11-2-3-11/h4-8,10-11,14H,2-3,9H2,1H3,(H,23,27)(H,21,24,25,26). The minimum atomic E-state index is -2.58. The quantitative estimate of drug-likeness (QED) is 0.716. The fourth-order valence-electron chi connectivity index (χ4n) is 2.34. The summed E-state index contributed by atoms with van der Waals surface area (Å²) in [6.07, 6.45) is 1.96. The van der Waals surface area contributed by atoms with Crippen molar-refractivity contribution < 1.29 is 23.1 Å². The molecule has 0 radical (unpaired) electrons. The van der Waals surface area contributed by atoms with Gasteiger partial charge in [0.2, 0.25) is 17.7 Å². The molecule has 2 aromatic heterocycles. The molecule has 0 spiro atoms. The van der Waals surface area contributed by atoms with Gasteiger partial charge in [0.05, 0.1) is 6.04 Å². The van der Waals surface area contributed by atoms with Crippen molar-refractivity contribution in [1.82, 2.24) is 20.3 Å². The molecular weight excluding hydrogens is 372 g/mol. The van der Waals surface area contributed by atoms with E-state index < -0.39 is 25.0 Å². The van der Waals surface area contributed by atoms with E-state index in [0.717, 1.165) is 12.8 Å². The third kappa shape index (κ3) is 5.41. The van der Waals surface area contributed by atoms with Crippen LogP contribution in [0.1, 0.15) is 41.9 Å². The Hall–Kier alpha value is -3.17. The maximum absolute atomic E-state index is 12.4. The first-order valence-corrected chi connectivity index (χ1v) is 8.74. The number of pyridine rings is 1. The molecule has 0 bridgehead atoms. The Balaban J connectivity index is 1.58. The van der Waals surface area contributed by atoms with Crippen molar-refractivity contribution in [3.8, 4) is 5.88 Å². The number of anilines is 1. The molecule has 0 aliphatic heterocycles. The number of carbonyl (C=O) groups excluding carboxylic acids is 2. The van der Waals surface area contributed by atoms with Gasteiger partial charge in [-0.25, -0.2) is 23.7 Å². The van der Waals surface area contributed by atoms with Crippen LogP contribution in [-0.4, -0.2) is 39.8 Å². The molecular formula is C18H19F2N5O3. The maximum Gasteiger partial charge on any atom is 0.272 e. The molecule has 1 unspecified atom stereocenters. The number of hydrogen-bond acceptors (Lipinski definition) is 6. The van der Waals surface area contributed by atoms with E-state index in [2.05, 4.69) is 25.6 Å². The molecule has 1 atom stereocenters. The lowest BCUT2D eigenvalue weighted by molar-refractivity contribution is -0.117. The van der Waals surface area contributed by atoms with Gasteiger partial charge in [0.1, 0.15) is 5.69 Å². The third-order valence-electron chi connectivity index (χ3n) is 4.04. The molecule has 2 amide bonds. The molecule has 28 heavy (non-hydrogen) atoms. The molecule has 0 saturated heterocycles. The van der Waals surface area contributed by atoms with Gasteiger partial charge in [-0.2, -0.15) is 0 Å². The van der Waals surface area contributed by atoms with E-state index in [1.165, 1.54) is 24.5 Å². The minimum absolute atomic E-state index is 0.00116. The lowest BCUT2D eigenvalue weighted by Crippen LogP contribution is -2.28. The number of halogens is 2. The Bertz CT molecular complexity index is 843. The van der Waals surface area contributed by atoms with E-state index in [1.54, 1.807) is 13.0 Å². The molecule has 2 heterocycles. The average Bonchev–Trinajstić information content (AvgIpc) is 3.52. The van der Waals surface area contributed by atoms with Crippen molar-refractivity contribution in [3.05, 3.63) is 41.9 Å². The molecule has 148 valence electrons. The fraction of sp³-hybridized carbons (Fsp3) is 0.389. The number of nitrogens with zero attached hydrogens (tertiary/aromatic N) is 3. The van der Waals surface area contributed by atoms with E-state index in [9.17, 15) is 18.4 Å². The van der Waals surface area contributed by atoms with Crippen LogP contribution in [0, 0.1) is 5.92 Å². The van der Waals surface area contributed by atoms with Gasteiger partial charge in [-0.1, -0.05) is 6.07 Å². The van der Waals surface area contributed by atoms with E-state index in [1.807, 2.05) is 0 Å². The van der Waals surface area contributed by atoms with Gasteiger partial charge in [0, 0.05) is 24.4 Å². The van der Waals surface area contributed by atoms with Gasteiger partial charge in [0.25, 0.3) is 12.3 Å². The van der Waals surface area contributed by atoms with Crippen LogP contribution in [0.25, 0.3) is 0 Å². The molecule has 2 aromatic rings. The van der Waals surface area contributed by atoms with E-state index in [4.69, 9.17) is 4.74 Å². The first-order valence-electron chi connectivity index (χ1n) is 8.74. The molecule has 1 aliphatic rings. The van der Waals surface area contributed by atoms with Crippen molar-refractivity contribution in [3.63, 3.8) is 0 Å². The van der Waals surface area contributed by atoms with Crippen LogP contribution >= 0.6 is 0 Å². The van der Waals surface area contributed by atoms with E-state index >= 15 is 0 Å². The van der Waals surface area contributed by atoms with Crippen LogP contribution in [0.3, 0.4) is 0 Å². The number of rotatable bonds is 8. The molecule has 8 nitrogen and oxygen atoms in total. The number of aromatic nitrogens is 3. The topological polar surface area (TPSA) is 106 Å². The highest BCUT2D eigenvalue weighted by Crippen LogP contribution is 2.29. The summed E-state index contributed by atoms with van der Waals surface area (Å²) < 4.78 is 29.1. The second-order valence-corrected chi connectivity index (χ2v) is 6.36. The van der Waals surface area contributed by atoms with Crippen molar-refractivity contribution in [2.24, 2.45) is 5.92 Å². The predicted octanol–water partition coefficient (Wildman–Crippen LogP) is 2.36. The molecule has 1 saturated carbocycles. The molecule has 0 aromatic carbocycles. The minimum Gasteiger partial charge on any atom is -0.472 e. The van der Waals surface area contributed by atoms with Crippen molar-refractivity contribution in [2.75, 3.05) is 11.9 Å². The highest BCUT2D eigenvalue weighted by molar-refractivity contribution is 5.95. The Morgan fingerprint density at radius 2 is 2.04 bits per heavy atom. The predicted molar refractivity (Wildman–Crippen MR) is 95.0 cm³/mol. The summed E-state index contributed by atoms with van der Waals surface area (Å²) in [4.78, 5) is 36.1. The summed E-state index contributed by atoms with van der Waals surface area (Å²) in [6, 6.07) is 4.11. The van der Waals surface area contributed by atoms with Crippen molar-refractivity contribution in [1.29, 1.82) is 0 Å². The number of carbonyl (C=O) groups is 2. The average molecular weight is 391 g/mol. The van der Waals surface area contributed by atoms with Crippen LogP contribution in [0.15, 0.2) is 30.6 Å². The summed E-state index contributed by atoms with van der Waals surface area (Å²) in [6.45, 7) is 1.01. The monoisotopic (exact) mass is 391 g/mol. The number of nitrogens with one attached hydrogen (secondary N) is 2. The summed E-state index contributed by atoms with van der Waals surface area (Å²) >= 11 is 0. The molecule has 1 fully saturated rings. The zero-order valence-corrected chi connectivity index (χ0v) is 15.1. The zero-order valence-electron chi connectivity index (χ0n) is 15.1. The highest BCUT2D eigenvalue weighted by atomic mass is 19.3. The number of ether oxygens (including phenoxy) is 1. The second kappa shape index (κ2) is 8.68. The normalized spacial score (nSPS) is 14.4. The summed E-state index contributed by atoms with van der Waals surface area (Å²) in [7, 11) is 0. The van der Waals surface area contributed by atoms with Gasteiger partial charge in [0.15, 0.2) is 6.61 Å². The lowest BCUT2D eigenvalue weighted by Gasteiger charge is -2.14. The zero-order chi connectivity index (χ0) is 20.1. The second-order valence-electron chi connectivity index (χ2n) is 6.36. The fourth-order valence-corrected chi connectivity index (χ4v) is 2.34.